The number of rotatable bonds is 5. The molecule has 1 aliphatic rings. The standard InChI is InChI=1S/C22H25NO3S/c1-14-9-10-19(11-15(14)2)27-13-21(24)26-17(4)22(25)23-16(3)12-18-7-5-6-8-20(18)23/h5-11,16-17H,12-13H2,1-4H3/t16-,17+/m1/s1. The number of carbonyl (C=O) groups excluding carboxylic acids is 2. The number of nitrogens with zero attached hydrogens (tertiary/aromatic N) is 1. The molecule has 0 spiro atoms. The molecular weight excluding hydrogens is 358 g/mol. The maximum Gasteiger partial charge on any atom is 0.317 e. The molecule has 1 heterocycles. The van der Waals surface area contributed by atoms with Crippen LogP contribution >= 0.6 is 11.8 Å². The molecule has 0 radical (unpaired) electrons. The third kappa shape index (κ3) is 4.35. The maximum absolute atomic E-state index is 12.9. The largest absolute Gasteiger partial charge is 0.452 e. The second kappa shape index (κ2) is 8.17. The van der Waals surface area contributed by atoms with Crippen molar-refractivity contribution in [1.82, 2.24) is 0 Å². The number of esters is 1. The molecule has 0 aliphatic carbocycles. The molecule has 0 saturated heterocycles. The Morgan fingerprint density at radius 1 is 1.19 bits per heavy atom. The van der Waals surface area contributed by atoms with Crippen molar-refractivity contribution in [2.24, 2.45) is 0 Å². The van der Waals surface area contributed by atoms with Gasteiger partial charge in [0.05, 0.1) is 5.75 Å². The Balaban J connectivity index is 1.58. The number of anilines is 1. The van der Waals surface area contributed by atoms with Crippen molar-refractivity contribution in [3.8, 4) is 0 Å². The minimum atomic E-state index is -0.800. The molecule has 0 bridgehead atoms. The van der Waals surface area contributed by atoms with Gasteiger partial charge in [-0.25, -0.2) is 0 Å². The summed E-state index contributed by atoms with van der Waals surface area (Å²) in [5, 5.41) is 0. The smallest absolute Gasteiger partial charge is 0.317 e. The Hall–Kier alpha value is -2.27. The average molecular weight is 384 g/mol. The maximum atomic E-state index is 12.9. The number of hydrogen-bond donors (Lipinski definition) is 0. The number of carbonyl (C=O) groups is 2. The molecule has 5 heteroatoms. The highest BCUT2D eigenvalue weighted by Crippen LogP contribution is 2.32. The normalized spacial score (nSPS) is 16.7. The molecular formula is C22H25NO3S. The first-order valence-electron chi connectivity index (χ1n) is 9.17. The van der Waals surface area contributed by atoms with Gasteiger partial charge in [-0.15, -0.1) is 11.8 Å². The van der Waals surface area contributed by atoms with E-state index >= 15 is 0 Å². The zero-order valence-electron chi connectivity index (χ0n) is 16.2. The van der Waals surface area contributed by atoms with Crippen LogP contribution < -0.4 is 4.90 Å². The zero-order chi connectivity index (χ0) is 19.6. The van der Waals surface area contributed by atoms with Gasteiger partial charge in [0.15, 0.2) is 6.10 Å². The van der Waals surface area contributed by atoms with Crippen molar-refractivity contribution >= 4 is 29.3 Å². The van der Waals surface area contributed by atoms with Crippen LogP contribution in [0.15, 0.2) is 47.4 Å². The topological polar surface area (TPSA) is 46.6 Å². The summed E-state index contributed by atoms with van der Waals surface area (Å²) in [5.74, 6) is -0.358. The third-order valence-corrected chi connectivity index (χ3v) is 5.90. The molecule has 2 aromatic carbocycles. The van der Waals surface area contributed by atoms with E-state index < -0.39 is 6.10 Å². The molecule has 142 valence electrons. The SMILES string of the molecule is Cc1ccc(SCC(=O)O[C@@H](C)C(=O)N2c3ccccc3C[C@H]2C)cc1C. The van der Waals surface area contributed by atoms with E-state index in [0.717, 1.165) is 22.6 Å². The molecule has 2 aromatic rings. The van der Waals surface area contributed by atoms with Crippen LogP contribution in [-0.2, 0) is 20.7 Å². The van der Waals surface area contributed by atoms with Crippen molar-refractivity contribution in [3.05, 3.63) is 59.2 Å². The van der Waals surface area contributed by atoms with Crippen LogP contribution in [0.4, 0.5) is 5.69 Å². The molecule has 2 atom stereocenters. The second-order valence-electron chi connectivity index (χ2n) is 7.06. The number of benzene rings is 2. The molecule has 27 heavy (non-hydrogen) atoms. The van der Waals surface area contributed by atoms with Gasteiger partial charge in [0.25, 0.3) is 5.91 Å². The summed E-state index contributed by atoms with van der Waals surface area (Å²) in [6.07, 6.45) is 0.0250. The highest BCUT2D eigenvalue weighted by molar-refractivity contribution is 8.00. The number of ether oxygens (including phenoxy) is 1. The zero-order valence-corrected chi connectivity index (χ0v) is 17.0. The van der Waals surface area contributed by atoms with E-state index in [9.17, 15) is 9.59 Å². The predicted molar refractivity (Wildman–Crippen MR) is 109 cm³/mol. The molecule has 1 aliphatic heterocycles. The van der Waals surface area contributed by atoms with Gasteiger partial charge < -0.3 is 9.64 Å². The van der Waals surface area contributed by atoms with E-state index in [2.05, 4.69) is 13.0 Å². The van der Waals surface area contributed by atoms with Gasteiger partial charge in [0.2, 0.25) is 0 Å². The third-order valence-electron chi connectivity index (χ3n) is 4.94. The molecule has 0 saturated carbocycles. The van der Waals surface area contributed by atoms with Gasteiger partial charge in [0, 0.05) is 16.6 Å². The van der Waals surface area contributed by atoms with Gasteiger partial charge in [0.1, 0.15) is 0 Å². The highest BCUT2D eigenvalue weighted by atomic mass is 32.2. The van der Waals surface area contributed by atoms with Crippen LogP contribution in [0.5, 0.6) is 0 Å². The monoisotopic (exact) mass is 383 g/mol. The summed E-state index contributed by atoms with van der Waals surface area (Å²) in [4.78, 5) is 27.8. The van der Waals surface area contributed by atoms with Crippen LogP contribution in [0, 0.1) is 13.8 Å². The second-order valence-corrected chi connectivity index (χ2v) is 8.11. The molecule has 4 nitrogen and oxygen atoms in total. The van der Waals surface area contributed by atoms with Crippen molar-refractivity contribution < 1.29 is 14.3 Å². The Bertz CT molecular complexity index is 864. The fourth-order valence-corrected chi connectivity index (χ4v) is 4.10. The summed E-state index contributed by atoms with van der Waals surface area (Å²) in [7, 11) is 0. The Labute approximate surface area is 164 Å². The molecule has 1 amide bonds. The molecule has 0 unspecified atom stereocenters. The van der Waals surface area contributed by atoms with Crippen LogP contribution in [0.25, 0.3) is 0 Å². The minimum Gasteiger partial charge on any atom is -0.452 e. The van der Waals surface area contributed by atoms with Gasteiger partial charge in [-0.05, 0) is 69.0 Å². The number of thioether (sulfide) groups is 1. The van der Waals surface area contributed by atoms with Gasteiger partial charge in [-0.1, -0.05) is 24.3 Å². The number of para-hydroxylation sites is 1. The van der Waals surface area contributed by atoms with Crippen molar-refractivity contribution in [2.45, 2.75) is 51.2 Å². The Morgan fingerprint density at radius 3 is 2.67 bits per heavy atom. The van der Waals surface area contributed by atoms with E-state index in [1.54, 1.807) is 11.8 Å². The van der Waals surface area contributed by atoms with Crippen LogP contribution in [0.3, 0.4) is 0 Å². The first-order valence-corrected chi connectivity index (χ1v) is 10.2. The predicted octanol–water partition coefficient (Wildman–Crippen LogP) is 4.31. The number of fused-ring (bicyclic) bond motifs is 1. The van der Waals surface area contributed by atoms with Gasteiger partial charge in [-0.3, -0.25) is 9.59 Å². The van der Waals surface area contributed by atoms with Crippen LogP contribution in [-0.4, -0.2) is 29.8 Å². The number of hydrogen-bond acceptors (Lipinski definition) is 4. The van der Waals surface area contributed by atoms with Crippen LogP contribution in [0.2, 0.25) is 0 Å². The minimum absolute atomic E-state index is 0.0703. The average Bonchev–Trinajstić information content (AvgIpc) is 2.97. The summed E-state index contributed by atoms with van der Waals surface area (Å²) in [6.45, 7) is 7.77. The van der Waals surface area contributed by atoms with E-state index in [1.165, 1.54) is 22.9 Å². The van der Waals surface area contributed by atoms with Crippen molar-refractivity contribution in [2.75, 3.05) is 10.7 Å². The van der Waals surface area contributed by atoms with Crippen molar-refractivity contribution in [3.63, 3.8) is 0 Å². The Morgan fingerprint density at radius 2 is 1.93 bits per heavy atom. The summed E-state index contributed by atoms with van der Waals surface area (Å²) in [5.41, 5.74) is 4.49. The Kier molecular flexibility index (Phi) is 5.90. The van der Waals surface area contributed by atoms with Gasteiger partial charge >= 0.3 is 5.97 Å². The van der Waals surface area contributed by atoms with E-state index in [0.29, 0.717) is 0 Å². The van der Waals surface area contributed by atoms with E-state index in [-0.39, 0.29) is 23.7 Å². The first kappa shape index (κ1) is 19.5. The lowest BCUT2D eigenvalue weighted by molar-refractivity contribution is -0.151. The number of amides is 1. The fraction of sp³-hybridized carbons (Fsp3) is 0.364. The lowest BCUT2D eigenvalue weighted by Crippen LogP contribution is -2.43. The van der Waals surface area contributed by atoms with E-state index in [1.807, 2.05) is 50.2 Å². The molecule has 0 N–H and O–H groups in total. The van der Waals surface area contributed by atoms with Gasteiger partial charge in [-0.2, -0.15) is 0 Å². The van der Waals surface area contributed by atoms with Crippen molar-refractivity contribution in [1.29, 1.82) is 0 Å². The van der Waals surface area contributed by atoms with Crippen LogP contribution in [0.1, 0.15) is 30.5 Å². The molecule has 0 aromatic heterocycles. The lowest BCUT2D eigenvalue weighted by Gasteiger charge is -2.25. The highest BCUT2D eigenvalue weighted by Gasteiger charge is 2.34. The summed E-state index contributed by atoms with van der Waals surface area (Å²) in [6, 6.07) is 14.1. The lowest BCUT2D eigenvalue weighted by atomic mass is 10.1. The first-order chi connectivity index (χ1) is 12.9. The summed E-state index contributed by atoms with van der Waals surface area (Å²) >= 11 is 1.43. The molecule has 0 fully saturated rings. The molecule has 3 rings (SSSR count). The van der Waals surface area contributed by atoms with E-state index in [4.69, 9.17) is 4.74 Å². The quantitative estimate of drug-likeness (QED) is 0.570. The number of aryl methyl sites for hydroxylation is 2. The summed E-state index contributed by atoms with van der Waals surface area (Å²) < 4.78 is 5.41. The fourth-order valence-electron chi connectivity index (χ4n) is 3.32.